The summed E-state index contributed by atoms with van der Waals surface area (Å²) in [4.78, 5) is 0. The first-order valence-corrected chi connectivity index (χ1v) is 11.5. The van der Waals surface area contributed by atoms with Crippen LogP contribution >= 0.6 is 11.8 Å². The number of hydrogen-bond donors (Lipinski definition) is 0. The Kier molecular flexibility index (Phi) is 6.28. The Balaban J connectivity index is 1.42. The van der Waals surface area contributed by atoms with E-state index in [4.69, 9.17) is 14.2 Å². The lowest BCUT2D eigenvalue weighted by atomic mass is 10.1. The van der Waals surface area contributed by atoms with Gasteiger partial charge in [-0.05, 0) is 42.8 Å². The second-order valence-electron chi connectivity index (χ2n) is 7.58. The first kappa shape index (κ1) is 21.5. The van der Waals surface area contributed by atoms with Crippen molar-refractivity contribution in [3.63, 3.8) is 0 Å². The van der Waals surface area contributed by atoms with Gasteiger partial charge in [0.05, 0.1) is 6.61 Å². The molecule has 0 radical (unpaired) electrons. The highest BCUT2D eigenvalue weighted by molar-refractivity contribution is 7.98. The number of fused-ring (bicyclic) bond motifs is 1. The lowest BCUT2D eigenvalue weighted by molar-refractivity contribution is -0.0171. The molecule has 0 spiro atoms. The molecule has 4 aromatic rings. The Hall–Kier alpha value is -3.36. The van der Waals surface area contributed by atoms with Crippen molar-refractivity contribution in [3.8, 4) is 17.2 Å². The van der Waals surface area contributed by atoms with Crippen LogP contribution in [0.2, 0.25) is 0 Å². The summed E-state index contributed by atoms with van der Waals surface area (Å²) in [7, 11) is 0. The van der Waals surface area contributed by atoms with Gasteiger partial charge in [0.1, 0.15) is 23.9 Å². The molecule has 2 heterocycles. The molecular formula is C25H22FN3O3S. The molecule has 33 heavy (non-hydrogen) atoms. The summed E-state index contributed by atoms with van der Waals surface area (Å²) >= 11 is 1.47. The Morgan fingerprint density at radius 1 is 1.06 bits per heavy atom. The molecule has 0 saturated heterocycles. The number of para-hydroxylation sites is 2. The fourth-order valence-corrected chi connectivity index (χ4v) is 4.63. The van der Waals surface area contributed by atoms with Gasteiger partial charge in [0.25, 0.3) is 0 Å². The van der Waals surface area contributed by atoms with Crippen molar-refractivity contribution >= 4 is 11.8 Å². The molecule has 0 aliphatic carbocycles. The molecule has 6 nitrogen and oxygen atoms in total. The predicted octanol–water partition coefficient (Wildman–Crippen LogP) is 5.45. The van der Waals surface area contributed by atoms with Gasteiger partial charge in [-0.2, -0.15) is 0 Å². The standard InChI is InChI=1S/C25H22FN3O3S/c1-17-7-5-6-10-22(17)31-14-23-27-28-25(29(23)21-8-3-2-4-9-21)33-15-19-12-20(26)11-18-13-30-16-32-24(18)19/h2-12H,13-16H2,1H3. The lowest BCUT2D eigenvalue weighted by Gasteiger charge is -2.20. The zero-order valence-corrected chi connectivity index (χ0v) is 18.8. The van der Waals surface area contributed by atoms with Crippen molar-refractivity contribution in [1.29, 1.82) is 0 Å². The lowest BCUT2D eigenvalue weighted by Crippen LogP contribution is -2.13. The number of nitrogens with zero attached hydrogens (tertiary/aromatic N) is 3. The number of rotatable bonds is 7. The monoisotopic (exact) mass is 463 g/mol. The molecule has 0 N–H and O–H groups in total. The Bertz CT molecular complexity index is 1260. The van der Waals surface area contributed by atoms with Gasteiger partial charge in [-0.3, -0.25) is 4.57 Å². The van der Waals surface area contributed by atoms with Gasteiger partial charge in [-0.1, -0.05) is 48.2 Å². The van der Waals surface area contributed by atoms with Crippen LogP contribution in [0.4, 0.5) is 4.39 Å². The van der Waals surface area contributed by atoms with Crippen LogP contribution < -0.4 is 9.47 Å². The van der Waals surface area contributed by atoms with Gasteiger partial charge < -0.3 is 14.2 Å². The topological polar surface area (TPSA) is 58.4 Å². The van der Waals surface area contributed by atoms with Crippen molar-refractivity contribution in [2.45, 2.75) is 31.0 Å². The average molecular weight is 464 g/mol. The molecule has 168 valence electrons. The number of thioether (sulfide) groups is 1. The van der Waals surface area contributed by atoms with Gasteiger partial charge in [-0.15, -0.1) is 10.2 Å². The van der Waals surface area contributed by atoms with Gasteiger partial charge in [0, 0.05) is 22.6 Å². The first-order valence-electron chi connectivity index (χ1n) is 10.5. The predicted molar refractivity (Wildman–Crippen MR) is 123 cm³/mol. The Morgan fingerprint density at radius 3 is 2.73 bits per heavy atom. The molecule has 0 saturated carbocycles. The van der Waals surface area contributed by atoms with Crippen LogP contribution in [0.5, 0.6) is 11.5 Å². The molecule has 0 fully saturated rings. The first-order chi connectivity index (χ1) is 16.2. The zero-order valence-electron chi connectivity index (χ0n) is 18.0. The molecule has 0 amide bonds. The van der Waals surface area contributed by atoms with Crippen LogP contribution in [-0.2, 0) is 23.7 Å². The largest absolute Gasteiger partial charge is 0.485 e. The third kappa shape index (κ3) is 4.72. The minimum Gasteiger partial charge on any atom is -0.485 e. The highest BCUT2D eigenvalue weighted by atomic mass is 32.2. The van der Waals surface area contributed by atoms with E-state index in [0.29, 0.717) is 34.7 Å². The maximum atomic E-state index is 14.2. The molecular weight excluding hydrogens is 441 g/mol. The molecule has 3 aromatic carbocycles. The van der Waals surface area contributed by atoms with Crippen molar-refractivity contribution in [1.82, 2.24) is 14.8 Å². The number of halogens is 1. The number of benzene rings is 3. The van der Waals surface area contributed by atoms with Gasteiger partial charge >= 0.3 is 0 Å². The van der Waals surface area contributed by atoms with E-state index in [2.05, 4.69) is 10.2 Å². The van der Waals surface area contributed by atoms with E-state index in [0.717, 1.165) is 22.6 Å². The second kappa shape index (κ2) is 9.64. The van der Waals surface area contributed by atoms with Crippen LogP contribution in [0.1, 0.15) is 22.5 Å². The third-order valence-corrected chi connectivity index (χ3v) is 6.25. The van der Waals surface area contributed by atoms with Crippen LogP contribution in [-0.4, -0.2) is 21.6 Å². The van der Waals surface area contributed by atoms with Crippen molar-refractivity contribution < 1.29 is 18.6 Å². The second-order valence-corrected chi connectivity index (χ2v) is 8.52. The average Bonchev–Trinajstić information content (AvgIpc) is 3.25. The van der Waals surface area contributed by atoms with E-state index in [9.17, 15) is 4.39 Å². The number of aryl methyl sites for hydroxylation is 1. The fourth-order valence-electron chi connectivity index (χ4n) is 3.69. The summed E-state index contributed by atoms with van der Waals surface area (Å²) < 4.78 is 33.1. The Labute approximate surface area is 195 Å². The van der Waals surface area contributed by atoms with Crippen LogP contribution in [0.15, 0.2) is 71.9 Å². The molecule has 0 unspecified atom stereocenters. The van der Waals surface area contributed by atoms with Gasteiger partial charge in [0.2, 0.25) is 0 Å². The van der Waals surface area contributed by atoms with Gasteiger partial charge in [-0.25, -0.2) is 4.39 Å². The quantitative estimate of drug-likeness (QED) is 0.340. The molecule has 0 atom stereocenters. The summed E-state index contributed by atoms with van der Waals surface area (Å²) in [5.41, 5.74) is 3.46. The van der Waals surface area contributed by atoms with Crippen molar-refractivity contribution in [2.75, 3.05) is 6.79 Å². The maximum Gasteiger partial charge on any atom is 0.196 e. The molecule has 1 aliphatic heterocycles. The number of hydrogen-bond acceptors (Lipinski definition) is 6. The SMILES string of the molecule is Cc1ccccc1OCc1nnc(SCc2cc(F)cc3c2OCOC3)n1-c1ccccc1. The highest BCUT2D eigenvalue weighted by Crippen LogP contribution is 2.34. The number of aromatic nitrogens is 3. The van der Waals surface area contributed by atoms with Gasteiger partial charge in [0.15, 0.2) is 17.8 Å². The van der Waals surface area contributed by atoms with Crippen molar-refractivity contribution in [2.24, 2.45) is 0 Å². The van der Waals surface area contributed by atoms with E-state index < -0.39 is 0 Å². The molecule has 1 aliphatic rings. The highest BCUT2D eigenvalue weighted by Gasteiger charge is 2.20. The summed E-state index contributed by atoms with van der Waals surface area (Å²) in [5.74, 6) is 2.33. The minimum atomic E-state index is -0.310. The summed E-state index contributed by atoms with van der Waals surface area (Å²) in [6, 6.07) is 20.7. The minimum absolute atomic E-state index is 0.164. The normalized spacial score (nSPS) is 12.8. The molecule has 5 rings (SSSR count). The van der Waals surface area contributed by atoms with Crippen molar-refractivity contribution in [3.05, 3.63) is 95.1 Å². The van der Waals surface area contributed by atoms with E-state index in [1.165, 1.54) is 23.9 Å². The number of ether oxygens (including phenoxy) is 3. The van der Waals surface area contributed by atoms with Crippen LogP contribution in [0.3, 0.4) is 0 Å². The fraction of sp³-hybridized carbons (Fsp3) is 0.200. The zero-order chi connectivity index (χ0) is 22.6. The summed E-state index contributed by atoms with van der Waals surface area (Å²) in [6.07, 6.45) is 0. The maximum absolute atomic E-state index is 14.2. The van der Waals surface area contributed by atoms with E-state index in [-0.39, 0.29) is 19.2 Å². The molecule has 1 aromatic heterocycles. The smallest absolute Gasteiger partial charge is 0.196 e. The molecule has 8 heteroatoms. The van der Waals surface area contributed by atoms with E-state index in [1.807, 2.05) is 66.1 Å². The van der Waals surface area contributed by atoms with E-state index >= 15 is 0 Å². The summed E-state index contributed by atoms with van der Waals surface area (Å²) in [6.45, 7) is 2.77. The van der Waals surface area contributed by atoms with Crippen LogP contribution in [0, 0.1) is 12.7 Å². The van der Waals surface area contributed by atoms with E-state index in [1.54, 1.807) is 0 Å². The molecule has 0 bridgehead atoms. The Morgan fingerprint density at radius 2 is 1.88 bits per heavy atom. The third-order valence-electron chi connectivity index (χ3n) is 5.27. The van der Waals surface area contributed by atoms with Crippen LogP contribution in [0.25, 0.3) is 5.69 Å². The summed E-state index contributed by atoms with van der Waals surface area (Å²) in [5, 5.41) is 9.50.